The van der Waals surface area contributed by atoms with E-state index in [2.05, 4.69) is 9.72 Å². The van der Waals surface area contributed by atoms with E-state index in [0.717, 1.165) is 16.8 Å². The molecule has 2 heterocycles. The second-order valence-corrected chi connectivity index (χ2v) is 4.81. The Kier molecular flexibility index (Phi) is 5.08. The van der Waals surface area contributed by atoms with Crippen molar-refractivity contribution in [3.8, 4) is 0 Å². The molecule has 0 aliphatic carbocycles. The van der Waals surface area contributed by atoms with Gasteiger partial charge in [-0.05, 0) is 6.08 Å². The Balaban J connectivity index is 2.38. The number of aliphatic hydroxyl groups excluding tert-OH is 2. The van der Waals surface area contributed by atoms with E-state index in [4.69, 9.17) is 15.6 Å². The van der Waals surface area contributed by atoms with Crippen molar-refractivity contribution in [3.63, 3.8) is 0 Å². The predicted molar refractivity (Wildman–Crippen MR) is 75.9 cm³/mol. The minimum atomic E-state index is -1.94. The van der Waals surface area contributed by atoms with Crippen molar-refractivity contribution in [2.75, 3.05) is 19.5 Å². The van der Waals surface area contributed by atoms with E-state index < -0.39 is 42.9 Å². The summed E-state index contributed by atoms with van der Waals surface area (Å²) in [6, 6.07) is 0. The standard InChI is InChI=1S/C13H16FN3O6/c1-22-8(19)3-2-6-4-17(13(21)16-11(6)15)12-9(14)10(20)7(5-18)23-12/h2-4,7,9-10,12,18,20H,5H2,1H3,(H2,15,16,21)/t7-,9-,10-,12-/m1/s1. The number of methoxy groups -OCH3 is 1. The van der Waals surface area contributed by atoms with Crippen molar-refractivity contribution in [2.24, 2.45) is 0 Å². The van der Waals surface area contributed by atoms with Gasteiger partial charge in [0.2, 0.25) is 0 Å². The number of aromatic nitrogens is 2. The second-order valence-electron chi connectivity index (χ2n) is 4.81. The first-order valence-electron chi connectivity index (χ1n) is 6.62. The number of rotatable bonds is 4. The van der Waals surface area contributed by atoms with Gasteiger partial charge in [-0.25, -0.2) is 14.0 Å². The van der Waals surface area contributed by atoms with E-state index in [9.17, 15) is 19.1 Å². The monoisotopic (exact) mass is 329 g/mol. The lowest BCUT2D eigenvalue weighted by Gasteiger charge is -2.16. The SMILES string of the molecule is COC(=O)C=Cc1cn([C@@H]2O[C@H](CO)[C@@H](O)[C@H]2F)c(=O)nc1N. The van der Waals surface area contributed by atoms with Crippen LogP contribution >= 0.6 is 0 Å². The summed E-state index contributed by atoms with van der Waals surface area (Å²) in [6.45, 7) is -0.607. The third-order valence-corrected chi connectivity index (χ3v) is 3.36. The molecule has 0 aromatic carbocycles. The van der Waals surface area contributed by atoms with Crippen molar-refractivity contribution >= 4 is 17.9 Å². The molecule has 4 atom stereocenters. The lowest BCUT2D eigenvalue weighted by molar-refractivity contribution is -0.134. The van der Waals surface area contributed by atoms with Gasteiger partial charge in [0.15, 0.2) is 12.4 Å². The van der Waals surface area contributed by atoms with Crippen LogP contribution in [0.3, 0.4) is 0 Å². The summed E-state index contributed by atoms with van der Waals surface area (Å²) in [4.78, 5) is 26.5. The van der Waals surface area contributed by atoms with Crippen LogP contribution in [0.15, 0.2) is 17.1 Å². The van der Waals surface area contributed by atoms with Crippen molar-refractivity contribution in [1.29, 1.82) is 0 Å². The molecule has 1 aromatic heterocycles. The molecule has 1 aliphatic heterocycles. The number of carbonyl (C=O) groups excluding carboxylic acids is 1. The maximum absolute atomic E-state index is 14.1. The normalized spacial score (nSPS) is 27.5. The number of hydrogen-bond donors (Lipinski definition) is 3. The predicted octanol–water partition coefficient (Wildman–Crippen LogP) is -1.40. The number of aliphatic hydroxyl groups is 2. The number of nitrogen functional groups attached to an aromatic ring is 1. The molecule has 2 rings (SSSR count). The summed E-state index contributed by atoms with van der Waals surface area (Å²) < 4.78 is 24.5. The fraction of sp³-hybridized carbons (Fsp3) is 0.462. The highest BCUT2D eigenvalue weighted by atomic mass is 19.1. The summed E-state index contributed by atoms with van der Waals surface area (Å²) in [5.74, 6) is -0.822. The molecular formula is C13H16FN3O6. The summed E-state index contributed by atoms with van der Waals surface area (Å²) in [5, 5.41) is 18.6. The van der Waals surface area contributed by atoms with Gasteiger partial charge >= 0.3 is 11.7 Å². The molecule has 10 heteroatoms. The van der Waals surface area contributed by atoms with Crippen LogP contribution in [0.25, 0.3) is 6.08 Å². The number of carbonyl (C=O) groups is 1. The number of anilines is 1. The summed E-state index contributed by atoms with van der Waals surface area (Å²) >= 11 is 0. The molecule has 0 saturated carbocycles. The highest BCUT2D eigenvalue weighted by Gasteiger charge is 2.45. The average molecular weight is 329 g/mol. The molecule has 1 fully saturated rings. The smallest absolute Gasteiger partial charge is 0.351 e. The highest BCUT2D eigenvalue weighted by Crippen LogP contribution is 2.31. The molecule has 0 bridgehead atoms. The van der Waals surface area contributed by atoms with E-state index in [-0.39, 0.29) is 11.4 Å². The molecule has 126 valence electrons. The second kappa shape index (κ2) is 6.86. The number of hydrogen-bond acceptors (Lipinski definition) is 8. The Hall–Kier alpha value is -2.30. The number of nitrogens with two attached hydrogens (primary N) is 1. The van der Waals surface area contributed by atoms with Gasteiger partial charge in [0.25, 0.3) is 0 Å². The highest BCUT2D eigenvalue weighted by molar-refractivity contribution is 5.87. The van der Waals surface area contributed by atoms with E-state index in [1.807, 2.05) is 0 Å². The Morgan fingerprint density at radius 1 is 1.65 bits per heavy atom. The van der Waals surface area contributed by atoms with Crippen LogP contribution < -0.4 is 11.4 Å². The van der Waals surface area contributed by atoms with Gasteiger partial charge in [-0.1, -0.05) is 0 Å². The van der Waals surface area contributed by atoms with Crippen LogP contribution in [0.5, 0.6) is 0 Å². The quantitative estimate of drug-likeness (QED) is 0.453. The largest absolute Gasteiger partial charge is 0.466 e. The van der Waals surface area contributed by atoms with Crippen molar-refractivity contribution in [3.05, 3.63) is 28.3 Å². The molecule has 9 nitrogen and oxygen atoms in total. The fourth-order valence-corrected chi connectivity index (χ4v) is 2.11. The topological polar surface area (TPSA) is 137 Å². The summed E-state index contributed by atoms with van der Waals surface area (Å²) in [7, 11) is 1.19. The van der Waals surface area contributed by atoms with Crippen LogP contribution in [-0.2, 0) is 14.3 Å². The van der Waals surface area contributed by atoms with Crippen LogP contribution in [0, 0.1) is 0 Å². The average Bonchev–Trinajstić information content (AvgIpc) is 2.81. The molecule has 0 unspecified atom stereocenters. The molecule has 0 amide bonds. The number of alkyl halides is 1. The van der Waals surface area contributed by atoms with Gasteiger partial charge < -0.3 is 25.4 Å². The molecular weight excluding hydrogens is 313 g/mol. The number of nitrogens with zero attached hydrogens (tertiary/aromatic N) is 2. The number of esters is 1. The van der Waals surface area contributed by atoms with Gasteiger partial charge in [-0.3, -0.25) is 4.57 Å². The first-order valence-corrected chi connectivity index (χ1v) is 6.62. The van der Waals surface area contributed by atoms with Gasteiger partial charge in [0, 0.05) is 17.8 Å². The first-order chi connectivity index (χ1) is 10.9. The van der Waals surface area contributed by atoms with Gasteiger partial charge in [0.1, 0.15) is 18.0 Å². The zero-order valence-electron chi connectivity index (χ0n) is 12.1. The van der Waals surface area contributed by atoms with Gasteiger partial charge in [0.05, 0.1) is 13.7 Å². The number of ether oxygens (including phenoxy) is 2. The molecule has 1 saturated heterocycles. The van der Waals surface area contributed by atoms with E-state index in [0.29, 0.717) is 0 Å². The van der Waals surface area contributed by atoms with E-state index in [1.54, 1.807) is 0 Å². The fourth-order valence-electron chi connectivity index (χ4n) is 2.11. The number of halogens is 1. The Morgan fingerprint density at radius 2 is 2.35 bits per heavy atom. The van der Waals surface area contributed by atoms with Crippen LogP contribution in [0.2, 0.25) is 0 Å². The zero-order chi connectivity index (χ0) is 17.1. The Morgan fingerprint density at radius 3 is 2.91 bits per heavy atom. The first kappa shape index (κ1) is 17.1. The molecule has 23 heavy (non-hydrogen) atoms. The molecule has 1 aliphatic rings. The zero-order valence-corrected chi connectivity index (χ0v) is 12.1. The van der Waals surface area contributed by atoms with Gasteiger partial charge in [-0.15, -0.1) is 0 Å². The van der Waals surface area contributed by atoms with E-state index >= 15 is 0 Å². The third-order valence-electron chi connectivity index (χ3n) is 3.36. The lowest BCUT2D eigenvalue weighted by atomic mass is 10.1. The summed E-state index contributed by atoms with van der Waals surface area (Å²) in [5.41, 5.74) is 4.85. The minimum Gasteiger partial charge on any atom is -0.466 e. The Labute approximate surface area is 129 Å². The lowest BCUT2D eigenvalue weighted by Crippen LogP contribution is -2.34. The third kappa shape index (κ3) is 3.38. The van der Waals surface area contributed by atoms with E-state index in [1.165, 1.54) is 13.2 Å². The maximum Gasteiger partial charge on any atom is 0.351 e. The maximum atomic E-state index is 14.1. The van der Waals surface area contributed by atoms with Gasteiger partial charge in [-0.2, -0.15) is 4.98 Å². The molecule has 4 N–H and O–H groups in total. The molecule has 1 aromatic rings. The van der Waals surface area contributed by atoms with Crippen molar-refractivity contribution in [1.82, 2.24) is 9.55 Å². The summed E-state index contributed by atoms with van der Waals surface area (Å²) in [6.07, 6.45) is -2.70. The molecule has 0 radical (unpaired) electrons. The van der Waals surface area contributed by atoms with Crippen LogP contribution in [0.4, 0.5) is 10.2 Å². The van der Waals surface area contributed by atoms with Crippen molar-refractivity contribution in [2.45, 2.75) is 24.6 Å². The van der Waals surface area contributed by atoms with Crippen LogP contribution in [-0.4, -0.2) is 57.8 Å². The molecule has 0 spiro atoms. The van der Waals surface area contributed by atoms with Crippen LogP contribution in [0.1, 0.15) is 11.8 Å². The minimum absolute atomic E-state index is 0.160. The Bertz CT molecular complexity index is 676. The van der Waals surface area contributed by atoms with Crippen molar-refractivity contribution < 1.29 is 28.9 Å².